The Bertz CT molecular complexity index is 678. The highest BCUT2D eigenvalue weighted by Crippen LogP contribution is 2.30. The molecule has 0 bridgehead atoms. The standard InChI is InChI=1S/C14H9Br2FN2/c1-8-4-10(15)12(17)6-14(8)19-13-3-2-9(7-18)5-11(13)16/h2-6,19H,1H3. The van der Waals surface area contributed by atoms with E-state index in [9.17, 15) is 4.39 Å². The molecular weight excluding hydrogens is 375 g/mol. The summed E-state index contributed by atoms with van der Waals surface area (Å²) in [6.07, 6.45) is 0. The molecule has 0 radical (unpaired) electrons. The minimum Gasteiger partial charge on any atom is -0.354 e. The first-order chi connectivity index (χ1) is 9.01. The summed E-state index contributed by atoms with van der Waals surface area (Å²) in [5, 5.41) is 12.0. The Morgan fingerprint density at radius 2 is 1.84 bits per heavy atom. The zero-order valence-corrected chi connectivity index (χ0v) is 13.1. The number of halogens is 3. The van der Waals surface area contributed by atoms with Crippen LogP contribution in [-0.2, 0) is 0 Å². The third-order valence-corrected chi connectivity index (χ3v) is 3.90. The second kappa shape index (κ2) is 5.72. The van der Waals surface area contributed by atoms with Gasteiger partial charge in [0, 0.05) is 10.2 Å². The van der Waals surface area contributed by atoms with Crippen LogP contribution >= 0.6 is 31.9 Å². The van der Waals surface area contributed by atoms with E-state index < -0.39 is 0 Å². The van der Waals surface area contributed by atoms with E-state index in [2.05, 4.69) is 43.2 Å². The Morgan fingerprint density at radius 3 is 2.47 bits per heavy atom. The molecule has 0 heterocycles. The van der Waals surface area contributed by atoms with Gasteiger partial charge in [0.2, 0.25) is 0 Å². The maximum Gasteiger partial charge on any atom is 0.139 e. The van der Waals surface area contributed by atoms with Crippen LogP contribution in [-0.4, -0.2) is 0 Å². The van der Waals surface area contributed by atoms with E-state index in [4.69, 9.17) is 5.26 Å². The van der Waals surface area contributed by atoms with Gasteiger partial charge in [0.1, 0.15) is 5.82 Å². The smallest absolute Gasteiger partial charge is 0.139 e. The van der Waals surface area contributed by atoms with Crippen LogP contribution in [0.3, 0.4) is 0 Å². The third kappa shape index (κ3) is 3.14. The zero-order chi connectivity index (χ0) is 14.0. The fourth-order valence-corrected chi connectivity index (χ4v) is 2.55. The van der Waals surface area contributed by atoms with Gasteiger partial charge in [-0.15, -0.1) is 0 Å². The summed E-state index contributed by atoms with van der Waals surface area (Å²) >= 11 is 6.54. The number of aryl methyl sites for hydroxylation is 1. The molecule has 0 aliphatic heterocycles. The molecule has 96 valence electrons. The SMILES string of the molecule is Cc1cc(Br)c(F)cc1Nc1ccc(C#N)cc1Br. The van der Waals surface area contributed by atoms with Crippen molar-refractivity contribution in [1.82, 2.24) is 0 Å². The lowest BCUT2D eigenvalue weighted by Gasteiger charge is -2.12. The molecule has 0 aliphatic carbocycles. The number of hydrogen-bond acceptors (Lipinski definition) is 2. The first-order valence-corrected chi connectivity index (χ1v) is 7.02. The second-order valence-corrected chi connectivity index (χ2v) is 5.72. The van der Waals surface area contributed by atoms with E-state index in [1.807, 2.05) is 6.92 Å². The van der Waals surface area contributed by atoms with Gasteiger partial charge in [-0.3, -0.25) is 0 Å². The summed E-state index contributed by atoms with van der Waals surface area (Å²) in [7, 11) is 0. The molecule has 0 unspecified atom stereocenters. The molecule has 0 spiro atoms. The number of benzene rings is 2. The molecule has 1 N–H and O–H groups in total. The fourth-order valence-electron chi connectivity index (χ4n) is 1.61. The maximum atomic E-state index is 13.5. The normalized spacial score (nSPS) is 10.1. The summed E-state index contributed by atoms with van der Waals surface area (Å²) in [4.78, 5) is 0. The van der Waals surface area contributed by atoms with Gasteiger partial charge in [-0.1, -0.05) is 0 Å². The number of rotatable bonds is 2. The van der Waals surface area contributed by atoms with Crippen LogP contribution in [0.25, 0.3) is 0 Å². The van der Waals surface area contributed by atoms with E-state index in [1.54, 1.807) is 24.3 Å². The average molecular weight is 384 g/mol. The van der Waals surface area contributed by atoms with Crippen molar-refractivity contribution in [3.05, 3.63) is 56.2 Å². The molecule has 0 aliphatic rings. The monoisotopic (exact) mass is 382 g/mol. The highest BCUT2D eigenvalue weighted by Gasteiger charge is 2.07. The molecule has 2 rings (SSSR count). The zero-order valence-electron chi connectivity index (χ0n) is 9.97. The lowest BCUT2D eigenvalue weighted by molar-refractivity contribution is 0.621. The molecule has 0 saturated carbocycles. The summed E-state index contributed by atoms with van der Waals surface area (Å²) in [5.74, 6) is -0.321. The Balaban J connectivity index is 2.37. The van der Waals surface area contributed by atoms with Crippen molar-refractivity contribution in [3.8, 4) is 6.07 Å². The maximum absolute atomic E-state index is 13.5. The van der Waals surface area contributed by atoms with E-state index in [-0.39, 0.29) is 5.82 Å². The average Bonchev–Trinajstić information content (AvgIpc) is 2.38. The van der Waals surface area contributed by atoms with Gasteiger partial charge in [-0.2, -0.15) is 5.26 Å². The van der Waals surface area contributed by atoms with Crippen molar-refractivity contribution in [1.29, 1.82) is 5.26 Å². The summed E-state index contributed by atoms with van der Waals surface area (Å²) in [5.41, 5.74) is 2.95. The van der Waals surface area contributed by atoms with Gasteiger partial charge < -0.3 is 5.32 Å². The minimum absolute atomic E-state index is 0.321. The van der Waals surface area contributed by atoms with Gasteiger partial charge in [0.05, 0.1) is 21.8 Å². The van der Waals surface area contributed by atoms with Crippen LogP contribution in [0.15, 0.2) is 39.3 Å². The molecule has 0 amide bonds. The minimum atomic E-state index is -0.321. The number of nitriles is 1. The van der Waals surface area contributed by atoms with E-state index in [0.29, 0.717) is 15.7 Å². The Labute approximate surface area is 127 Å². The molecule has 2 nitrogen and oxygen atoms in total. The van der Waals surface area contributed by atoms with Crippen LogP contribution in [0.5, 0.6) is 0 Å². The summed E-state index contributed by atoms with van der Waals surface area (Å²) in [6, 6.07) is 10.4. The van der Waals surface area contributed by atoms with Crippen LogP contribution in [0.1, 0.15) is 11.1 Å². The summed E-state index contributed by atoms with van der Waals surface area (Å²) in [6.45, 7) is 1.89. The number of nitrogens with one attached hydrogen (secondary N) is 1. The molecule has 0 aromatic heterocycles. The van der Waals surface area contributed by atoms with Crippen molar-refractivity contribution in [2.45, 2.75) is 6.92 Å². The van der Waals surface area contributed by atoms with Gasteiger partial charge in [0.15, 0.2) is 0 Å². The first-order valence-electron chi connectivity index (χ1n) is 5.43. The summed E-state index contributed by atoms with van der Waals surface area (Å²) < 4.78 is 14.7. The van der Waals surface area contributed by atoms with Gasteiger partial charge in [0.25, 0.3) is 0 Å². The quantitative estimate of drug-likeness (QED) is 0.766. The predicted molar refractivity (Wildman–Crippen MR) is 81.0 cm³/mol. The van der Waals surface area contributed by atoms with Gasteiger partial charge in [-0.05, 0) is 74.7 Å². The van der Waals surface area contributed by atoms with Crippen molar-refractivity contribution in [2.24, 2.45) is 0 Å². The molecule has 0 fully saturated rings. The largest absolute Gasteiger partial charge is 0.354 e. The molecule has 19 heavy (non-hydrogen) atoms. The second-order valence-electron chi connectivity index (χ2n) is 4.01. The third-order valence-electron chi connectivity index (χ3n) is 2.63. The number of anilines is 2. The molecule has 2 aromatic rings. The fraction of sp³-hybridized carbons (Fsp3) is 0.0714. The van der Waals surface area contributed by atoms with Crippen molar-refractivity contribution in [3.63, 3.8) is 0 Å². The van der Waals surface area contributed by atoms with Crippen LogP contribution in [0.4, 0.5) is 15.8 Å². The van der Waals surface area contributed by atoms with Crippen LogP contribution < -0.4 is 5.32 Å². The van der Waals surface area contributed by atoms with Gasteiger partial charge >= 0.3 is 0 Å². The van der Waals surface area contributed by atoms with Crippen LogP contribution in [0, 0.1) is 24.1 Å². The van der Waals surface area contributed by atoms with Crippen molar-refractivity contribution < 1.29 is 4.39 Å². The molecule has 2 aromatic carbocycles. The van der Waals surface area contributed by atoms with Crippen LogP contribution in [0.2, 0.25) is 0 Å². The lowest BCUT2D eigenvalue weighted by atomic mass is 10.1. The van der Waals surface area contributed by atoms with E-state index in [1.165, 1.54) is 6.07 Å². The molecular formula is C14H9Br2FN2. The van der Waals surface area contributed by atoms with Crippen molar-refractivity contribution in [2.75, 3.05) is 5.32 Å². The molecule has 0 atom stereocenters. The van der Waals surface area contributed by atoms with Crippen molar-refractivity contribution >= 4 is 43.2 Å². The number of nitrogens with zero attached hydrogens (tertiary/aromatic N) is 1. The Morgan fingerprint density at radius 1 is 1.11 bits per heavy atom. The highest BCUT2D eigenvalue weighted by molar-refractivity contribution is 9.10. The van der Waals surface area contributed by atoms with Gasteiger partial charge in [-0.25, -0.2) is 4.39 Å². The molecule has 5 heteroatoms. The topological polar surface area (TPSA) is 35.8 Å². The van der Waals surface area contributed by atoms with E-state index >= 15 is 0 Å². The highest BCUT2D eigenvalue weighted by atomic mass is 79.9. The lowest BCUT2D eigenvalue weighted by Crippen LogP contribution is -1.96. The Hall–Kier alpha value is -1.38. The predicted octanol–water partition coefficient (Wildman–Crippen LogP) is 5.27. The van der Waals surface area contributed by atoms with E-state index in [0.717, 1.165) is 15.7 Å². The first kappa shape index (κ1) is 14.0. The molecule has 0 saturated heterocycles. The number of hydrogen-bond donors (Lipinski definition) is 1. The Kier molecular flexibility index (Phi) is 4.23.